The Labute approximate surface area is 128 Å². The van der Waals surface area contributed by atoms with Crippen molar-refractivity contribution in [1.29, 1.82) is 0 Å². The highest BCUT2D eigenvalue weighted by Gasteiger charge is 2.41. The first kappa shape index (κ1) is 15.7. The molecule has 1 fully saturated rings. The van der Waals surface area contributed by atoms with Gasteiger partial charge in [0.05, 0.1) is 16.9 Å². The van der Waals surface area contributed by atoms with E-state index in [0.717, 1.165) is 18.2 Å². The normalized spacial score (nSPS) is 25.8. The number of hydrogen-bond donors (Lipinski definition) is 2. The molecular formula is C13H13BrF2N2O3. The van der Waals surface area contributed by atoms with Crippen LogP contribution in [0.2, 0.25) is 0 Å². The zero-order valence-electron chi connectivity index (χ0n) is 11.0. The molecule has 3 atom stereocenters. The number of likely N-dealkylation sites (tertiary alicyclic amines) is 1. The highest BCUT2D eigenvalue weighted by molar-refractivity contribution is 9.10. The SMILES string of the molecule is CN1C(=O)C(Br)C[C@H](NC(=O)O)[C@@H]1c1cc(F)ccc1F. The van der Waals surface area contributed by atoms with Gasteiger partial charge >= 0.3 is 6.09 Å². The molecule has 5 nitrogen and oxygen atoms in total. The maximum absolute atomic E-state index is 14.0. The maximum Gasteiger partial charge on any atom is 0.404 e. The zero-order valence-corrected chi connectivity index (χ0v) is 12.6. The summed E-state index contributed by atoms with van der Waals surface area (Å²) in [5.41, 5.74) is -0.0519. The molecule has 1 aromatic rings. The maximum atomic E-state index is 14.0. The van der Waals surface area contributed by atoms with E-state index in [-0.39, 0.29) is 17.9 Å². The van der Waals surface area contributed by atoms with Gasteiger partial charge in [-0.3, -0.25) is 4.79 Å². The summed E-state index contributed by atoms with van der Waals surface area (Å²) in [6, 6.07) is 1.26. The number of halogens is 3. The topological polar surface area (TPSA) is 69.6 Å². The number of rotatable bonds is 2. The quantitative estimate of drug-likeness (QED) is 0.793. The number of piperidine rings is 1. The Hall–Kier alpha value is -1.70. The summed E-state index contributed by atoms with van der Waals surface area (Å²) in [6.07, 6.45) is -1.14. The monoisotopic (exact) mass is 362 g/mol. The average Bonchev–Trinajstić information content (AvgIpc) is 2.39. The van der Waals surface area contributed by atoms with Crippen molar-refractivity contribution in [2.45, 2.75) is 23.3 Å². The molecule has 1 unspecified atom stereocenters. The Bertz CT molecular complexity index is 585. The van der Waals surface area contributed by atoms with Crippen LogP contribution >= 0.6 is 15.9 Å². The highest BCUT2D eigenvalue weighted by atomic mass is 79.9. The lowest BCUT2D eigenvalue weighted by Gasteiger charge is -2.41. The van der Waals surface area contributed by atoms with Crippen molar-refractivity contribution in [3.63, 3.8) is 0 Å². The van der Waals surface area contributed by atoms with Gasteiger partial charge in [-0.05, 0) is 24.6 Å². The standard InChI is InChI=1S/C13H13BrF2N2O3/c1-18-11(7-4-6(15)2-3-9(7)16)10(17-13(20)21)5-8(14)12(18)19/h2-4,8,10-11,17H,5H2,1H3,(H,20,21)/t8?,10-,11-/m0/s1. The van der Waals surface area contributed by atoms with Crippen LogP contribution in [0, 0.1) is 11.6 Å². The van der Waals surface area contributed by atoms with Crippen LogP contribution in [0.5, 0.6) is 0 Å². The van der Waals surface area contributed by atoms with Crippen molar-refractivity contribution in [2.75, 3.05) is 7.05 Å². The predicted molar refractivity (Wildman–Crippen MR) is 74.1 cm³/mol. The average molecular weight is 363 g/mol. The van der Waals surface area contributed by atoms with Crippen molar-refractivity contribution in [3.05, 3.63) is 35.4 Å². The van der Waals surface area contributed by atoms with Gasteiger partial charge in [0.2, 0.25) is 5.91 Å². The molecule has 0 radical (unpaired) electrons. The van der Waals surface area contributed by atoms with Crippen LogP contribution in [0.1, 0.15) is 18.0 Å². The Kier molecular flexibility index (Phi) is 4.46. The molecule has 1 saturated heterocycles. The van der Waals surface area contributed by atoms with Crippen molar-refractivity contribution in [3.8, 4) is 0 Å². The van der Waals surface area contributed by atoms with Crippen LogP contribution in [0.15, 0.2) is 18.2 Å². The summed E-state index contributed by atoms with van der Waals surface area (Å²) in [5.74, 6) is -1.65. The minimum Gasteiger partial charge on any atom is -0.465 e. The number of amides is 2. The first-order chi connectivity index (χ1) is 9.81. The number of carbonyl (C=O) groups is 2. The molecule has 1 heterocycles. The molecule has 8 heteroatoms. The van der Waals surface area contributed by atoms with Gasteiger partial charge in [0.1, 0.15) is 11.6 Å². The number of carboxylic acid groups (broad SMARTS) is 1. The molecule has 21 heavy (non-hydrogen) atoms. The third kappa shape index (κ3) is 3.15. The van der Waals surface area contributed by atoms with Crippen LogP contribution in [0.25, 0.3) is 0 Å². The van der Waals surface area contributed by atoms with E-state index >= 15 is 0 Å². The van der Waals surface area contributed by atoms with E-state index in [9.17, 15) is 18.4 Å². The van der Waals surface area contributed by atoms with Gasteiger partial charge in [0.25, 0.3) is 0 Å². The molecule has 0 saturated carbocycles. The van der Waals surface area contributed by atoms with Gasteiger partial charge in [0, 0.05) is 12.6 Å². The lowest BCUT2D eigenvalue weighted by Crippen LogP contribution is -2.54. The van der Waals surface area contributed by atoms with E-state index in [0.29, 0.717) is 0 Å². The first-order valence-electron chi connectivity index (χ1n) is 6.16. The van der Waals surface area contributed by atoms with Crippen molar-refractivity contribution >= 4 is 27.9 Å². The summed E-state index contributed by atoms with van der Waals surface area (Å²) in [4.78, 5) is 23.6. The molecule has 0 bridgehead atoms. The van der Waals surface area contributed by atoms with E-state index in [4.69, 9.17) is 5.11 Å². The summed E-state index contributed by atoms with van der Waals surface area (Å²) in [7, 11) is 1.43. The van der Waals surface area contributed by atoms with Crippen LogP contribution in [0.4, 0.5) is 13.6 Å². The molecule has 1 aliphatic rings. The lowest BCUT2D eigenvalue weighted by molar-refractivity contribution is -0.135. The van der Waals surface area contributed by atoms with Gasteiger partial charge in [-0.15, -0.1) is 0 Å². The second kappa shape index (κ2) is 5.97. The van der Waals surface area contributed by atoms with Gasteiger partial charge in [-0.25, -0.2) is 13.6 Å². The smallest absolute Gasteiger partial charge is 0.404 e. The second-order valence-electron chi connectivity index (χ2n) is 4.82. The van der Waals surface area contributed by atoms with E-state index in [2.05, 4.69) is 21.2 Å². The third-order valence-corrected chi connectivity index (χ3v) is 4.23. The van der Waals surface area contributed by atoms with Crippen molar-refractivity contribution in [1.82, 2.24) is 10.2 Å². The molecule has 1 aromatic carbocycles. The lowest BCUT2D eigenvalue weighted by atomic mass is 9.90. The molecule has 0 aliphatic carbocycles. The number of benzene rings is 1. The summed E-state index contributed by atoms with van der Waals surface area (Å²) in [5, 5.41) is 11.2. The molecule has 114 valence electrons. The number of carbonyl (C=O) groups excluding carboxylic acids is 1. The molecular weight excluding hydrogens is 350 g/mol. The van der Waals surface area contributed by atoms with Crippen LogP contribution in [0.3, 0.4) is 0 Å². The summed E-state index contributed by atoms with van der Waals surface area (Å²) in [6.45, 7) is 0. The molecule has 2 N–H and O–H groups in total. The molecule has 2 rings (SSSR count). The third-order valence-electron chi connectivity index (χ3n) is 3.46. The second-order valence-corrected chi connectivity index (χ2v) is 5.92. The highest BCUT2D eigenvalue weighted by Crippen LogP contribution is 2.35. The van der Waals surface area contributed by atoms with Crippen LogP contribution in [-0.4, -0.2) is 39.9 Å². The number of nitrogens with one attached hydrogen (secondary N) is 1. The summed E-state index contributed by atoms with van der Waals surface area (Å²) >= 11 is 3.17. The number of hydrogen-bond acceptors (Lipinski definition) is 2. The summed E-state index contributed by atoms with van der Waals surface area (Å²) < 4.78 is 27.3. The van der Waals surface area contributed by atoms with E-state index in [1.807, 2.05) is 0 Å². The van der Waals surface area contributed by atoms with Crippen LogP contribution in [-0.2, 0) is 4.79 Å². The zero-order chi connectivity index (χ0) is 15.7. The fourth-order valence-corrected chi connectivity index (χ4v) is 3.27. The number of alkyl halides is 1. The van der Waals surface area contributed by atoms with E-state index in [1.165, 1.54) is 11.9 Å². The van der Waals surface area contributed by atoms with Crippen molar-refractivity contribution < 1.29 is 23.5 Å². The van der Waals surface area contributed by atoms with Gasteiger partial charge in [0.15, 0.2) is 0 Å². The van der Waals surface area contributed by atoms with E-state index < -0.39 is 34.6 Å². The minimum atomic E-state index is -1.29. The molecule has 0 spiro atoms. The Morgan fingerprint density at radius 3 is 2.76 bits per heavy atom. The molecule has 0 aromatic heterocycles. The fraction of sp³-hybridized carbons (Fsp3) is 0.385. The fourth-order valence-electron chi connectivity index (χ4n) is 2.54. The minimum absolute atomic E-state index is 0.0519. The predicted octanol–water partition coefficient (Wildman–Crippen LogP) is 2.27. The van der Waals surface area contributed by atoms with Crippen LogP contribution < -0.4 is 5.32 Å². The molecule has 2 amide bonds. The van der Waals surface area contributed by atoms with Gasteiger partial charge in [-0.2, -0.15) is 0 Å². The Morgan fingerprint density at radius 2 is 2.14 bits per heavy atom. The number of likely N-dealkylation sites (N-methyl/N-ethyl adjacent to an activating group) is 1. The molecule has 1 aliphatic heterocycles. The number of nitrogens with zero attached hydrogens (tertiary/aromatic N) is 1. The van der Waals surface area contributed by atoms with E-state index in [1.54, 1.807) is 0 Å². The first-order valence-corrected chi connectivity index (χ1v) is 7.08. The van der Waals surface area contributed by atoms with Crippen molar-refractivity contribution in [2.24, 2.45) is 0 Å². The van der Waals surface area contributed by atoms with Gasteiger partial charge < -0.3 is 15.3 Å². The largest absolute Gasteiger partial charge is 0.465 e. The van der Waals surface area contributed by atoms with Gasteiger partial charge in [-0.1, -0.05) is 15.9 Å². The Morgan fingerprint density at radius 1 is 1.48 bits per heavy atom. The Balaban J connectivity index is 2.45.